The Balaban J connectivity index is 1.59. The smallest absolute Gasteiger partial charge is 0.165 e. The quantitative estimate of drug-likeness (QED) is 0.760. The zero-order valence-corrected chi connectivity index (χ0v) is 15.1. The maximum absolute atomic E-state index is 10.5. The van der Waals surface area contributed by atoms with Crippen LogP contribution in [0.25, 0.3) is 11.1 Å². The molecule has 1 N–H and O–H groups in total. The molecule has 2 heterocycles. The second-order valence-corrected chi connectivity index (χ2v) is 6.82. The number of nitrogens with zero attached hydrogens (tertiary/aromatic N) is 3. The van der Waals surface area contributed by atoms with E-state index in [9.17, 15) is 5.11 Å². The molecule has 26 heavy (non-hydrogen) atoms. The molecule has 0 saturated carbocycles. The molecule has 0 saturated heterocycles. The van der Waals surface area contributed by atoms with Crippen molar-refractivity contribution in [3.8, 4) is 22.6 Å². The Kier molecular flexibility index (Phi) is 4.82. The third-order valence-electron chi connectivity index (χ3n) is 4.56. The molecule has 0 amide bonds. The van der Waals surface area contributed by atoms with Crippen LogP contribution in [0.3, 0.4) is 0 Å². The highest BCUT2D eigenvalue weighted by Crippen LogP contribution is 2.38. The van der Waals surface area contributed by atoms with Crippen molar-refractivity contribution < 1.29 is 9.84 Å². The van der Waals surface area contributed by atoms with E-state index in [4.69, 9.17) is 16.3 Å². The predicted molar refractivity (Wildman–Crippen MR) is 102 cm³/mol. The van der Waals surface area contributed by atoms with Gasteiger partial charge in [-0.3, -0.25) is 9.58 Å². The number of ether oxygens (including phenoxy) is 1. The van der Waals surface area contributed by atoms with E-state index in [2.05, 4.69) is 16.1 Å². The normalized spacial score (nSPS) is 14.5. The van der Waals surface area contributed by atoms with Gasteiger partial charge in [-0.05, 0) is 41.5 Å². The number of phenols is 1. The second kappa shape index (κ2) is 7.40. The Morgan fingerprint density at radius 2 is 2.04 bits per heavy atom. The molecular weight excluding hydrogens is 350 g/mol. The van der Waals surface area contributed by atoms with Crippen molar-refractivity contribution in [3.05, 3.63) is 65.4 Å². The summed E-state index contributed by atoms with van der Waals surface area (Å²) in [4.78, 5) is 2.31. The number of aromatic nitrogens is 2. The lowest BCUT2D eigenvalue weighted by molar-refractivity contribution is 0.215. The molecule has 5 nitrogen and oxygen atoms in total. The monoisotopic (exact) mass is 369 g/mol. The SMILES string of the molecule is Oc1cc(-c2cccc(Cl)c2)cc2c1OCCN(CCn1cccn1)C2. The summed E-state index contributed by atoms with van der Waals surface area (Å²) in [7, 11) is 0. The van der Waals surface area contributed by atoms with Crippen molar-refractivity contribution >= 4 is 11.6 Å². The fourth-order valence-corrected chi connectivity index (χ4v) is 3.45. The molecule has 0 bridgehead atoms. The number of hydrogen-bond donors (Lipinski definition) is 1. The fourth-order valence-electron chi connectivity index (χ4n) is 3.26. The molecule has 0 aliphatic carbocycles. The van der Waals surface area contributed by atoms with E-state index in [0.717, 1.165) is 42.9 Å². The van der Waals surface area contributed by atoms with Gasteiger partial charge in [0.15, 0.2) is 11.5 Å². The van der Waals surface area contributed by atoms with Gasteiger partial charge in [-0.1, -0.05) is 23.7 Å². The zero-order valence-electron chi connectivity index (χ0n) is 14.3. The summed E-state index contributed by atoms with van der Waals surface area (Å²) < 4.78 is 7.74. The standard InChI is InChI=1S/C20H20ClN3O2/c21-18-4-1-3-15(12-18)16-11-17-14-23(7-8-24-6-2-5-22-24)9-10-26-20(17)19(25)13-16/h1-6,11-13,25H,7-10,14H2. The Morgan fingerprint density at radius 3 is 2.85 bits per heavy atom. The molecule has 0 fully saturated rings. The van der Waals surface area contributed by atoms with Crippen molar-refractivity contribution in [2.75, 3.05) is 19.7 Å². The molecule has 1 aromatic heterocycles. The van der Waals surface area contributed by atoms with Gasteiger partial charge in [-0.2, -0.15) is 5.10 Å². The predicted octanol–water partition coefficient (Wildman–Crippen LogP) is 3.80. The fraction of sp³-hybridized carbons (Fsp3) is 0.250. The van der Waals surface area contributed by atoms with E-state index in [-0.39, 0.29) is 5.75 Å². The van der Waals surface area contributed by atoms with Crippen LogP contribution in [0.5, 0.6) is 11.5 Å². The minimum Gasteiger partial charge on any atom is -0.504 e. The first kappa shape index (κ1) is 16.9. The third kappa shape index (κ3) is 3.69. The first-order valence-electron chi connectivity index (χ1n) is 8.63. The number of aromatic hydroxyl groups is 1. The highest BCUT2D eigenvalue weighted by atomic mass is 35.5. The van der Waals surface area contributed by atoms with Gasteiger partial charge in [0.1, 0.15) is 6.61 Å². The summed E-state index contributed by atoms with van der Waals surface area (Å²) in [6.45, 7) is 3.77. The van der Waals surface area contributed by atoms with E-state index < -0.39 is 0 Å². The Labute approximate surface area is 157 Å². The van der Waals surface area contributed by atoms with Gasteiger partial charge in [-0.15, -0.1) is 0 Å². The minimum atomic E-state index is 0.173. The van der Waals surface area contributed by atoms with Gasteiger partial charge in [0.2, 0.25) is 0 Å². The number of hydrogen-bond acceptors (Lipinski definition) is 4. The van der Waals surface area contributed by atoms with Crippen LogP contribution in [-0.2, 0) is 13.1 Å². The summed E-state index contributed by atoms with van der Waals surface area (Å²) in [5, 5.41) is 15.4. The Hall–Kier alpha value is -2.50. The zero-order chi connectivity index (χ0) is 17.9. The number of phenolic OH excluding ortho intramolecular Hbond substituents is 1. The van der Waals surface area contributed by atoms with Gasteiger partial charge in [0.25, 0.3) is 0 Å². The lowest BCUT2D eigenvalue weighted by Crippen LogP contribution is -2.29. The summed E-state index contributed by atoms with van der Waals surface area (Å²) >= 11 is 6.11. The van der Waals surface area contributed by atoms with Crippen LogP contribution in [0.4, 0.5) is 0 Å². The number of halogens is 1. The third-order valence-corrected chi connectivity index (χ3v) is 4.79. The molecule has 2 aromatic carbocycles. The van der Waals surface area contributed by atoms with Crippen LogP contribution in [0, 0.1) is 0 Å². The van der Waals surface area contributed by atoms with Crippen LogP contribution in [0.1, 0.15) is 5.56 Å². The Morgan fingerprint density at radius 1 is 1.12 bits per heavy atom. The first-order chi connectivity index (χ1) is 12.7. The number of rotatable bonds is 4. The molecule has 134 valence electrons. The average Bonchev–Trinajstić information content (AvgIpc) is 3.06. The van der Waals surface area contributed by atoms with Crippen LogP contribution < -0.4 is 4.74 Å². The van der Waals surface area contributed by atoms with Crippen LogP contribution >= 0.6 is 11.6 Å². The van der Waals surface area contributed by atoms with Crippen molar-refractivity contribution in [2.24, 2.45) is 0 Å². The van der Waals surface area contributed by atoms with E-state index in [1.807, 2.05) is 41.2 Å². The van der Waals surface area contributed by atoms with Gasteiger partial charge in [0, 0.05) is 42.6 Å². The molecule has 0 radical (unpaired) electrons. The summed E-state index contributed by atoms with van der Waals surface area (Å²) in [6, 6.07) is 13.4. The van der Waals surface area contributed by atoms with E-state index in [0.29, 0.717) is 17.4 Å². The Bertz CT molecular complexity index is 896. The number of fused-ring (bicyclic) bond motifs is 1. The maximum atomic E-state index is 10.5. The van der Waals surface area contributed by atoms with Crippen molar-refractivity contribution in [3.63, 3.8) is 0 Å². The topological polar surface area (TPSA) is 50.5 Å². The second-order valence-electron chi connectivity index (χ2n) is 6.39. The van der Waals surface area contributed by atoms with Gasteiger partial charge >= 0.3 is 0 Å². The molecule has 3 aromatic rings. The summed E-state index contributed by atoms with van der Waals surface area (Å²) in [5.41, 5.74) is 2.89. The molecule has 1 aliphatic heterocycles. The lowest BCUT2D eigenvalue weighted by Gasteiger charge is -2.19. The first-order valence-corrected chi connectivity index (χ1v) is 9.01. The molecular formula is C20H20ClN3O2. The van der Waals surface area contributed by atoms with Crippen LogP contribution in [0.15, 0.2) is 54.9 Å². The van der Waals surface area contributed by atoms with Crippen LogP contribution in [-0.4, -0.2) is 39.5 Å². The number of benzene rings is 2. The van der Waals surface area contributed by atoms with E-state index >= 15 is 0 Å². The largest absolute Gasteiger partial charge is 0.504 e. The average molecular weight is 370 g/mol. The highest BCUT2D eigenvalue weighted by molar-refractivity contribution is 6.30. The molecule has 0 unspecified atom stereocenters. The minimum absolute atomic E-state index is 0.173. The van der Waals surface area contributed by atoms with E-state index in [1.54, 1.807) is 12.3 Å². The van der Waals surface area contributed by atoms with Crippen molar-refractivity contribution in [2.45, 2.75) is 13.1 Å². The van der Waals surface area contributed by atoms with Gasteiger partial charge < -0.3 is 9.84 Å². The van der Waals surface area contributed by atoms with Crippen molar-refractivity contribution in [1.29, 1.82) is 0 Å². The molecule has 6 heteroatoms. The van der Waals surface area contributed by atoms with Crippen LogP contribution in [0.2, 0.25) is 5.02 Å². The maximum Gasteiger partial charge on any atom is 0.165 e. The molecule has 0 atom stereocenters. The molecule has 0 spiro atoms. The van der Waals surface area contributed by atoms with Crippen molar-refractivity contribution in [1.82, 2.24) is 14.7 Å². The highest BCUT2D eigenvalue weighted by Gasteiger charge is 2.19. The summed E-state index contributed by atoms with van der Waals surface area (Å²) in [5.74, 6) is 0.753. The van der Waals surface area contributed by atoms with E-state index in [1.165, 1.54) is 0 Å². The van der Waals surface area contributed by atoms with Gasteiger partial charge in [0.05, 0.1) is 6.54 Å². The summed E-state index contributed by atoms with van der Waals surface area (Å²) in [6.07, 6.45) is 3.75. The molecule has 4 rings (SSSR count). The molecule has 1 aliphatic rings. The lowest BCUT2D eigenvalue weighted by atomic mass is 10.0. The van der Waals surface area contributed by atoms with Gasteiger partial charge in [-0.25, -0.2) is 0 Å².